The summed E-state index contributed by atoms with van der Waals surface area (Å²) in [7, 11) is 3.15. The number of hydrogen-bond donors (Lipinski definition) is 1. The van der Waals surface area contributed by atoms with Gasteiger partial charge in [0.25, 0.3) is 5.91 Å². The minimum Gasteiger partial charge on any atom is -0.497 e. The highest BCUT2D eigenvalue weighted by atomic mass is 16.5. The van der Waals surface area contributed by atoms with Crippen molar-refractivity contribution in [1.29, 1.82) is 0 Å². The number of nitrogens with zero attached hydrogens (tertiary/aromatic N) is 1. The smallest absolute Gasteiger partial charge is 0.261 e. The molecule has 0 saturated heterocycles. The van der Waals surface area contributed by atoms with Crippen LogP contribution in [0.2, 0.25) is 0 Å². The van der Waals surface area contributed by atoms with Crippen LogP contribution in [0.25, 0.3) is 0 Å². The highest BCUT2D eigenvalue weighted by Gasteiger charge is 2.28. The molecule has 0 heterocycles. The van der Waals surface area contributed by atoms with E-state index in [1.165, 1.54) is 6.42 Å². The zero-order valence-corrected chi connectivity index (χ0v) is 19.7. The zero-order valence-electron chi connectivity index (χ0n) is 19.7. The van der Waals surface area contributed by atoms with E-state index in [-0.39, 0.29) is 31.0 Å². The van der Waals surface area contributed by atoms with Crippen molar-refractivity contribution in [3.63, 3.8) is 0 Å². The lowest BCUT2D eigenvalue weighted by Gasteiger charge is -2.31. The Hall–Kier alpha value is -3.22. The number of carbonyl (C=O) groups is 2. The molecule has 2 amide bonds. The van der Waals surface area contributed by atoms with E-state index in [0.717, 1.165) is 31.2 Å². The van der Waals surface area contributed by atoms with Crippen molar-refractivity contribution in [2.45, 2.75) is 57.7 Å². The topological polar surface area (TPSA) is 77.1 Å². The van der Waals surface area contributed by atoms with Crippen LogP contribution < -0.4 is 19.5 Å². The van der Waals surface area contributed by atoms with Gasteiger partial charge in [0.2, 0.25) is 5.91 Å². The lowest BCUT2D eigenvalue weighted by atomic mass is 9.95. The van der Waals surface area contributed by atoms with Crippen LogP contribution >= 0.6 is 0 Å². The number of nitrogens with one attached hydrogen (secondary N) is 1. The molecule has 3 rings (SSSR count). The van der Waals surface area contributed by atoms with E-state index in [4.69, 9.17) is 14.2 Å². The van der Waals surface area contributed by atoms with Crippen LogP contribution in [0, 0.1) is 0 Å². The van der Waals surface area contributed by atoms with Gasteiger partial charge in [-0.15, -0.1) is 0 Å². The van der Waals surface area contributed by atoms with Crippen LogP contribution in [-0.2, 0) is 16.1 Å². The predicted molar refractivity (Wildman–Crippen MR) is 127 cm³/mol. The maximum atomic E-state index is 13.3. The molecule has 2 aromatic carbocycles. The summed E-state index contributed by atoms with van der Waals surface area (Å²) in [6.45, 7) is 1.83. The van der Waals surface area contributed by atoms with Gasteiger partial charge in [-0.2, -0.15) is 0 Å². The fourth-order valence-corrected chi connectivity index (χ4v) is 4.08. The van der Waals surface area contributed by atoms with Crippen molar-refractivity contribution in [2.24, 2.45) is 0 Å². The number of benzene rings is 2. The highest BCUT2D eigenvalue weighted by molar-refractivity contribution is 5.88. The lowest BCUT2D eigenvalue weighted by Crippen LogP contribution is -2.51. The summed E-state index contributed by atoms with van der Waals surface area (Å²) in [5.74, 6) is 1.30. The number of methoxy groups -OCH3 is 2. The molecule has 33 heavy (non-hydrogen) atoms. The van der Waals surface area contributed by atoms with Gasteiger partial charge in [0.05, 0.1) is 14.2 Å². The van der Waals surface area contributed by atoms with Crippen LogP contribution in [0.3, 0.4) is 0 Å². The normalized spacial score (nSPS) is 14.8. The SMILES string of the molecule is COc1cccc(CN(C(=O)COc2ccccc2OC)[C@H](C)C(=O)NC2CCCCC2)c1. The average molecular weight is 455 g/mol. The Morgan fingerprint density at radius 2 is 1.73 bits per heavy atom. The van der Waals surface area contributed by atoms with Crippen LogP contribution in [0.15, 0.2) is 48.5 Å². The molecule has 7 heteroatoms. The van der Waals surface area contributed by atoms with E-state index in [2.05, 4.69) is 5.32 Å². The van der Waals surface area contributed by atoms with Crippen LogP contribution in [0.4, 0.5) is 0 Å². The highest BCUT2D eigenvalue weighted by Crippen LogP contribution is 2.26. The first-order valence-electron chi connectivity index (χ1n) is 11.5. The fraction of sp³-hybridized carbons (Fsp3) is 0.462. The van der Waals surface area contributed by atoms with E-state index in [0.29, 0.717) is 17.2 Å². The van der Waals surface area contributed by atoms with Crippen molar-refractivity contribution in [2.75, 3.05) is 20.8 Å². The first-order chi connectivity index (χ1) is 16.0. The molecule has 178 valence electrons. The molecule has 0 radical (unpaired) electrons. The second-order valence-electron chi connectivity index (χ2n) is 8.33. The summed E-state index contributed by atoms with van der Waals surface area (Å²) in [5, 5.41) is 3.14. The van der Waals surface area contributed by atoms with E-state index < -0.39 is 6.04 Å². The number of ether oxygens (including phenoxy) is 3. The third-order valence-electron chi connectivity index (χ3n) is 6.03. The molecule has 0 aliphatic heterocycles. The predicted octanol–water partition coefficient (Wildman–Crippen LogP) is 3.95. The zero-order chi connectivity index (χ0) is 23.6. The Morgan fingerprint density at radius 1 is 1.00 bits per heavy atom. The largest absolute Gasteiger partial charge is 0.497 e. The van der Waals surface area contributed by atoms with Crippen molar-refractivity contribution >= 4 is 11.8 Å². The number of amides is 2. The van der Waals surface area contributed by atoms with E-state index in [1.807, 2.05) is 36.4 Å². The van der Waals surface area contributed by atoms with Crippen molar-refractivity contribution in [3.8, 4) is 17.2 Å². The first kappa shape index (κ1) is 24.4. The van der Waals surface area contributed by atoms with Gasteiger partial charge in [-0.1, -0.05) is 43.5 Å². The quantitative estimate of drug-likeness (QED) is 0.588. The molecule has 1 fully saturated rings. The van der Waals surface area contributed by atoms with Crippen LogP contribution in [-0.4, -0.2) is 49.6 Å². The van der Waals surface area contributed by atoms with E-state index >= 15 is 0 Å². The van der Waals surface area contributed by atoms with Crippen molar-refractivity contribution < 1.29 is 23.8 Å². The van der Waals surface area contributed by atoms with Gasteiger partial charge in [0.15, 0.2) is 18.1 Å². The third-order valence-corrected chi connectivity index (χ3v) is 6.03. The number of para-hydroxylation sites is 2. The van der Waals surface area contributed by atoms with Gasteiger partial charge >= 0.3 is 0 Å². The van der Waals surface area contributed by atoms with Crippen LogP contribution in [0.1, 0.15) is 44.6 Å². The van der Waals surface area contributed by atoms with Gasteiger partial charge in [-0.25, -0.2) is 0 Å². The number of carbonyl (C=O) groups excluding carboxylic acids is 2. The maximum Gasteiger partial charge on any atom is 0.261 e. The van der Waals surface area contributed by atoms with Gasteiger partial charge in [0.1, 0.15) is 11.8 Å². The first-order valence-corrected chi connectivity index (χ1v) is 11.5. The minimum absolute atomic E-state index is 0.143. The molecule has 0 unspecified atom stereocenters. The Morgan fingerprint density at radius 3 is 2.42 bits per heavy atom. The second kappa shape index (κ2) is 12.1. The van der Waals surface area contributed by atoms with Gasteiger partial charge in [-0.3, -0.25) is 9.59 Å². The Labute approximate surface area is 196 Å². The Kier molecular flexibility index (Phi) is 8.98. The minimum atomic E-state index is -0.646. The summed E-state index contributed by atoms with van der Waals surface area (Å²) in [5.41, 5.74) is 0.873. The van der Waals surface area contributed by atoms with Gasteiger partial charge in [0, 0.05) is 12.6 Å². The second-order valence-corrected chi connectivity index (χ2v) is 8.33. The molecule has 1 N–H and O–H groups in total. The summed E-state index contributed by atoms with van der Waals surface area (Å²) in [4.78, 5) is 27.9. The Balaban J connectivity index is 1.74. The molecular weight excluding hydrogens is 420 g/mol. The molecular formula is C26H34N2O5. The maximum absolute atomic E-state index is 13.3. The van der Waals surface area contributed by atoms with E-state index in [1.54, 1.807) is 38.2 Å². The molecule has 0 aromatic heterocycles. The number of rotatable bonds is 10. The molecule has 0 bridgehead atoms. The standard InChI is InChI=1S/C26H34N2O5/c1-19(26(30)27-21-11-5-4-6-12-21)28(17-20-10-9-13-22(16-20)31-2)25(29)18-33-24-15-8-7-14-23(24)32-3/h7-10,13-16,19,21H,4-6,11-12,17-18H2,1-3H3,(H,27,30)/t19-/m1/s1. The average Bonchev–Trinajstić information content (AvgIpc) is 2.86. The molecule has 1 saturated carbocycles. The summed E-state index contributed by atoms with van der Waals surface area (Å²) < 4.78 is 16.4. The van der Waals surface area contributed by atoms with Crippen molar-refractivity contribution in [3.05, 3.63) is 54.1 Å². The lowest BCUT2D eigenvalue weighted by molar-refractivity contribution is -0.142. The molecule has 1 atom stereocenters. The summed E-state index contributed by atoms with van der Waals surface area (Å²) in [6, 6.07) is 14.2. The summed E-state index contributed by atoms with van der Waals surface area (Å²) >= 11 is 0. The molecule has 2 aromatic rings. The third kappa shape index (κ3) is 6.88. The summed E-state index contributed by atoms with van der Waals surface area (Å²) in [6.07, 6.45) is 5.43. The van der Waals surface area contributed by atoms with Crippen LogP contribution in [0.5, 0.6) is 17.2 Å². The molecule has 7 nitrogen and oxygen atoms in total. The van der Waals surface area contributed by atoms with Crippen molar-refractivity contribution in [1.82, 2.24) is 10.2 Å². The Bertz CT molecular complexity index is 926. The molecule has 0 spiro atoms. The van der Waals surface area contributed by atoms with Gasteiger partial charge in [-0.05, 0) is 49.6 Å². The number of hydrogen-bond acceptors (Lipinski definition) is 5. The van der Waals surface area contributed by atoms with E-state index in [9.17, 15) is 9.59 Å². The molecule has 1 aliphatic rings. The fourth-order valence-electron chi connectivity index (χ4n) is 4.08. The molecule has 1 aliphatic carbocycles. The van der Waals surface area contributed by atoms with Gasteiger partial charge < -0.3 is 24.4 Å². The monoisotopic (exact) mass is 454 g/mol.